The van der Waals surface area contributed by atoms with Crippen LogP contribution >= 0.6 is 0 Å². The summed E-state index contributed by atoms with van der Waals surface area (Å²) in [4.78, 5) is 37.5. The summed E-state index contributed by atoms with van der Waals surface area (Å²) in [7, 11) is 0. The molecule has 0 unspecified atom stereocenters. The van der Waals surface area contributed by atoms with Crippen molar-refractivity contribution in [3.8, 4) is 0 Å². The van der Waals surface area contributed by atoms with Gasteiger partial charge in [-0.15, -0.1) is 0 Å². The van der Waals surface area contributed by atoms with Crippen molar-refractivity contribution in [3.05, 3.63) is 11.6 Å². The Labute approximate surface area is 252 Å². The zero-order valence-electron chi connectivity index (χ0n) is 26.0. The van der Waals surface area contributed by atoms with Crippen molar-refractivity contribution < 1.29 is 34.1 Å². The highest BCUT2D eigenvalue weighted by molar-refractivity contribution is 5.85. The van der Waals surface area contributed by atoms with E-state index in [9.17, 15) is 24.6 Å². The normalized spacial score (nSPS) is 40.9. The summed E-state index contributed by atoms with van der Waals surface area (Å²) in [6.07, 6.45) is 18.7. The summed E-state index contributed by atoms with van der Waals surface area (Å²) in [5.41, 5.74) is -2.53. The van der Waals surface area contributed by atoms with Crippen LogP contribution in [0.2, 0.25) is 0 Å². The third kappa shape index (κ3) is 5.50. The molecular formula is C35H54O7. The molecule has 1 aliphatic heterocycles. The van der Waals surface area contributed by atoms with Crippen LogP contribution in [0.25, 0.3) is 0 Å². The molecule has 0 bridgehead atoms. The molecule has 4 saturated carbocycles. The van der Waals surface area contributed by atoms with E-state index < -0.39 is 22.0 Å². The summed E-state index contributed by atoms with van der Waals surface area (Å²) in [6.45, 7) is 4.69. The Morgan fingerprint density at radius 1 is 0.952 bits per heavy atom. The van der Waals surface area contributed by atoms with Crippen molar-refractivity contribution in [2.45, 2.75) is 153 Å². The van der Waals surface area contributed by atoms with E-state index in [2.05, 4.69) is 13.8 Å². The minimum absolute atomic E-state index is 0.0869. The maximum Gasteiger partial charge on any atom is 0.331 e. The third-order valence-electron chi connectivity index (χ3n) is 12.6. The molecule has 5 aliphatic rings. The van der Waals surface area contributed by atoms with Crippen LogP contribution in [0, 0.1) is 28.6 Å². The van der Waals surface area contributed by atoms with Crippen molar-refractivity contribution in [1.29, 1.82) is 0 Å². The molecule has 0 amide bonds. The van der Waals surface area contributed by atoms with Crippen LogP contribution in [0.15, 0.2) is 11.6 Å². The number of fused-ring (bicyclic) bond motifs is 5. The van der Waals surface area contributed by atoms with E-state index in [0.717, 1.165) is 50.4 Å². The van der Waals surface area contributed by atoms with Gasteiger partial charge in [0, 0.05) is 24.3 Å². The lowest BCUT2D eigenvalue weighted by molar-refractivity contribution is -0.249. The fourth-order valence-electron chi connectivity index (χ4n) is 10.2. The molecule has 4 fully saturated rings. The topological polar surface area (TPSA) is 110 Å². The van der Waals surface area contributed by atoms with Crippen LogP contribution in [-0.2, 0) is 23.9 Å². The first kappa shape index (κ1) is 31.7. The molecule has 0 saturated heterocycles. The van der Waals surface area contributed by atoms with E-state index in [-0.39, 0.29) is 35.8 Å². The SMILES string of the molecule is CCCCCCCCCCCC(=O)O[C@H]1CC[C@]2(C=O)[C@H]3CC[C@]4(C)[C@@H](C5=CC(=O)OC5)CC[C@]4(O)[C@@H]3CC[C@]2(O)C1. The van der Waals surface area contributed by atoms with Gasteiger partial charge in [-0.05, 0) is 81.1 Å². The molecule has 0 aromatic heterocycles. The maximum atomic E-state index is 13.0. The predicted molar refractivity (Wildman–Crippen MR) is 159 cm³/mol. The van der Waals surface area contributed by atoms with Crippen LogP contribution in [0.1, 0.15) is 136 Å². The van der Waals surface area contributed by atoms with Gasteiger partial charge in [-0.1, -0.05) is 65.2 Å². The molecule has 4 aliphatic carbocycles. The number of aldehydes is 1. The number of carbonyl (C=O) groups excluding carboxylic acids is 3. The fraction of sp³-hybridized carbons (Fsp3) is 0.857. The Morgan fingerprint density at radius 2 is 1.64 bits per heavy atom. The monoisotopic (exact) mass is 586 g/mol. The van der Waals surface area contributed by atoms with Gasteiger partial charge in [0.25, 0.3) is 0 Å². The zero-order chi connectivity index (χ0) is 30.0. The highest BCUT2D eigenvalue weighted by atomic mass is 16.5. The van der Waals surface area contributed by atoms with E-state index in [1.807, 2.05) is 0 Å². The van der Waals surface area contributed by atoms with Crippen molar-refractivity contribution in [1.82, 2.24) is 0 Å². The van der Waals surface area contributed by atoms with Gasteiger partial charge in [0.2, 0.25) is 0 Å². The third-order valence-corrected chi connectivity index (χ3v) is 12.6. The Kier molecular flexibility index (Phi) is 9.59. The second kappa shape index (κ2) is 12.7. The largest absolute Gasteiger partial charge is 0.462 e. The molecule has 42 heavy (non-hydrogen) atoms. The summed E-state index contributed by atoms with van der Waals surface area (Å²) in [5.74, 6) is -0.604. The molecule has 0 spiro atoms. The average molecular weight is 587 g/mol. The van der Waals surface area contributed by atoms with Gasteiger partial charge in [0.05, 0.1) is 16.6 Å². The first-order chi connectivity index (χ1) is 20.1. The smallest absolute Gasteiger partial charge is 0.331 e. The number of hydrogen-bond donors (Lipinski definition) is 2. The second-order valence-electron chi connectivity index (χ2n) is 14.7. The Bertz CT molecular complexity index is 1040. The first-order valence-corrected chi connectivity index (χ1v) is 17.1. The molecule has 2 N–H and O–H groups in total. The highest BCUT2D eigenvalue weighted by Gasteiger charge is 2.71. The minimum Gasteiger partial charge on any atom is -0.462 e. The highest BCUT2D eigenvalue weighted by Crippen LogP contribution is 2.70. The van der Waals surface area contributed by atoms with Crippen molar-refractivity contribution in [2.24, 2.45) is 28.6 Å². The van der Waals surface area contributed by atoms with Gasteiger partial charge in [-0.2, -0.15) is 0 Å². The van der Waals surface area contributed by atoms with Crippen LogP contribution in [0.3, 0.4) is 0 Å². The van der Waals surface area contributed by atoms with Crippen LogP contribution in [0.4, 0.5) is 0 Å². The lowest BCUT2D eigenvalue weighted by Gasteiger charge is -2.65. The number of rotatable bonds is 13. The molecule has 236 valence electrons. The molecule has 0 aromatic carbocycles. The minimum atomic E-state index is -1.23. The van der Waals surface area contributed by atoms with Gasteiger partial charge in [-0.3, -0.25) is 4.79 Å². The van der Waals surface area contributed by atoms with Crippen molar-refractivity contribution in [3.63, 3.8) is 0 Å². The number of carbonyl (C=O) groups is 3. The predicted octanol–water partition coefficient (Wildman–Crippen LogP) is 6.37. The quantitative estimate of drug-likeness (QED) is 0.147. The van der Waals surface area contributed by atoms with Gasteiger partial charge in [0.1, 0.15) is 19.0 Å². The fourth-order valence-corrected chi connectivity index (χ4v) is 10.2. The number of hydrogen-bond acceptors (Lipinski definition) is 7. The molecule has 1 heterocycles. The van der Waals surface area contributed by atoms with Crippen molar-refractivity contribution in [2.75, 3.05) is 6.61 Å². The van der Waals surface area contributed by atoms with Crippen molar-refractivity contribution >= 4 is 18.2 Å². The van der Waals surface area contributed by atoms with E-state index in [1.165, 1.54) is 38.5 Å². The number of ether oxygens (including phenoxy) is 2. The molecule has 8 atom stereocenters. The Hall–Kier alpha value is -1.73. The number of esters is 2. The lowest BCUT2D eigenvalue weighted by atomic mass is 9.41. The number of cyclic esters (lactones) is 1. The standard InChI is InChI=1S/C35H54O7/c1-3-4-5-6-7-8-9-10-11-12-30(37)42-26-13-18-33(24-36)28-14-17-32(2)27(25-21-31(38)41-23-25)16-20-35(32,40)29(28)15-19-34(33,39)22-26/h21,24,26-29,39-40H,3-20,22-23H2,1-2H3/t26-,27+,28-,29+,32+,33-,34-,35-/m0/s1. The molecular weight excluding hydrogens is 532 g/mol. The first-order valence-electron chi connectivity index (χ1n) is 17.1. The average Bonchev–Trinajstić information content (AvgIpc) is 3.51. The Balaban J connectivity index is 1.17. The zero-order valence-corrected chi connectivity index (χ0v) is 26.0. The summed E-state index contributed by atoms with van der Waals surface area (Å²) >= 11 is 0. The van der Waals surface area contributed by atoms with Gasteiger partial charge in [-0.25, -0.2) is 4.79 Å². The van der Waals surface area contributed by atoms with E-state index in [4.69, 9.17) is 9.47 Å². The van der Waals surface area contributed by atoms with E-state index in [1.54, 1.807) is 6.08 Å². The van der Waals surface area contributed by atoms with Gasteiger partial charge < -0.3 is 24.5 Å². The number of aliphatic hydroxyl groups is 2. The molecule has 0 aromatic rings. The summed E-state index contributed by atoms with van der Waals surface area (Å²) < 4.78 is 11.1. The van der Waals surface area contributed by atoms with E-state index in [0.29, 0.717) is 51.6 Å². The Morgan fingerprint density at radius 3 is 2.31 bits per heavy atom. The molecule has 7 heteroatoms. The van der Waals surface area contributed by atoms with Crippen LogP contribution in [0.5, 0.6) is 0 Å². The molecule has 7 nitrogen and oxygen atoms in total. The molecule has 0 radical (unpaired) electrons. The summed E-state index contributed by atoms with van der Waals surface area (Å²) in [5, 5.41) is 24.5. The van der Waals surface area contributed by atoms with Gasteiger partial charge in [0.15, 0.2) is 0 Å². The summed E-state index contributed by atoms with van der Waals surface area (Å²) in [6, 6.07) is 0. The molecule has 5 rings (SSSR count). The maximum absolute atomic E-state index is 13.0. The lowest BCUT2D eigenvalue weighted by Crippen LogP contribution is -2.69. The second-order valence-corrected chi connectivity index (χ2v) is 14.7. The number of unbranched alkanes of at least 4 members (excludes halogenated alkanes) is 8. The van der Waals surface area contributed by atoms with Crippen LogP contribution in [-0.4, -0.2) is 52.4 Å². The van der Waals surface area contributed by atoms with E-state index >= 15 is 0 Å². The van der Waals surface area contributed by atoms with Gasteiger partial charge >= 0.3 is 11.9 Å². The van der Waals surface area contributed by atoms with Crippen LogP contribution < -0.4 is 0 Å².